The smallest absolute Gasteiger partial charge is 0.267 e. The maximum absolute atomic E-state index is 13.8. The molecule has 206 valence electrons. The van der Waals surface area contributed by atoms with E-state index in [4.69, 9.17) is 14.5 Å². The van der Waals surface area contributed by atoms with Gasteiger partial charge in [0.1, 0.15) is 0 Å². The molecule has 5 rings (SSSR count). The molecule has 0 radical (unpaired) electrons. The molecule has 2 atom stereocenters. The number of methoxy groups -OCH3 is 1. The minimum Gasteiger partial charge on any atom is -0.493 e. The number of para-hydroxylation sites is 2. The molecule has 1 saturated carbocycles. The first-order valence-corrected chi connectivity index (χ1v) is 14.4. The van der Waals surface area contributed by atoms with Crippen molar-refractivity contribution in [2.24, 2.45) is 10.9 Å². The van der Waals surface area contributed by atoms with Crippen LogP contribution in [0.5, 0.6) is 11.5 Å². The number of thioether (sulfide) groups is 1. The van der Waals surface area contributed by atoms with E-state index >= 15 is 0 Å². The Balaban J connectivity index is 1.35. The third-order valence-electron chi connectivity index (χ3n) is 7.12. The highest BCUT2D eigenvalue weighted by atomic mass is 32.2. The van der Waals surface area contributed by atoms with Gasteiger partial charge < -0.3 is 14.8 Å². The summed E-state index contributed by atoms with van der Waals surface area (Å²) in [5, 5.41) is 3.52. The second-order valence-electron chi connectivity index (χ2n) is 9.96. The number of hydrogen-bond donors (Lipinski definition) is 1. The predicted octanol–water partition coefficient (Wildman–Crippen LogP) is 6.90. The van der Waals surface area contributed by atoms with E-state index in [9.17, 15) is 9.59 Å². The van der Waals surface area contributed by atoms with Gasteiger partial charge in [0.25, 0.3) is 11.8 Å². The number of ether oxygens (including phenoxy) is 2. The minimum atomic E-state index is -0.269. The fraction of sp³-hybridized carbons (Fsp3) is 0.281. The van der Waals surface area contributed by atoms with E-state index in [-0.39, 0.29) is 24.5 Å². The molecule has 3 aromatic carbocycles. The van der Waals surface area contributed by atoms with Gasteiger partial charge in [0, 0.05) is 11.7 Å². The van der Waals surface area contributed by atoms with Crippen LogP contribution in [0, 0.1) is 5.92 Å². The topological polar surface area (TPSA) is 80.2 Å². The van der Waals surface area contributed by atoms with Gasteiger partial charge in [0.15, 0.2) is 23.3 Å². The first kappa shape index (κ1) is 27.5. The number of benzene rings is 3. The Hall–Kier alpha value is -4.04. The summed E-state index contributed by atoms with van der Waals surface area (Å²) in [6, 6.07) is 24.5. The molecule has 2 amide bonds. The number of amides is 2. The molecule has 0 aromatic heterocycles. The molecule has 40 heavy (non-hydrogen) atoms. The molecule has 8 heteroatoms. The summed E-state index contributed by atoms with van der Waals surface area (Å²) in [5.74, 6) is 1.05. The van der Waals surface area contributed by atoms with Crippen LogP contribution in [0.2, 0.25) is 0 Å². The lowest BCUT2D eigenvalue weighted by Crippen LogP contribution is -2.44. The lowest BCUT2D eigenvalue weighted by molar-refractivity contribution is -0.125. The average Bonchev–Trinajstić information content (AvgIpc) is 3.27. The zero-order valence-corrected chi connectivity index (χ0v) is 23.5. The van der Waals surface area contributed by atoms with Gasteiger partial charge in [-0.15, -0.1) is 0 Å². The summed E-state index contributed by atoms with van der Waals surface area (Å²) in [7, 11) is 1.55. The zero-order valence-electron chi connectivity index (χ0n) is 22.7. The van der Waals surface area contributed by atoms with Crippen LogP contribution in [0.25, 0.3) is 6.08 Å². The third-order valence-corrected chi connectivity index (χ3v) is 8.10. The summed E-state index contributed by atoms with van der Waals surface area (Å²) in [6.07, 6.45) is 6.27. The van der Waals surface area contributed by atoms with E-state index in [1.807, 2.05) is 83.8 Å². The predicted molar refractivity (Wildman–Crippen MR) is 161 cm³/mol. The van der Waals surface area contributed by atoms with Gasteiger partial charge in [-0.2, -0.15) is 0 Å². The molecular formula is C32H33N3O4S. The first-order chi connectivity index (χ1) is 19.5. The van der Waals surface area contributed by atoms with E-state index in [1.54, 1.807) is 13.2 Å². The number of carbonyl (C=O) groups is 2. The number of anilines is 1. The Kier molecular flexibility index (Phi) is 8.86. The van der Waals surface area contributed by atoms with Crippen molar-refractivity contribution in [3.05, 3.63) is 89.3 Å². The molecule has 3 aromatic rings. The van der Waals surface area contributed by atoms with Crippen LogP contribution >= 0.6 is 11.8 Å². The minimum absolute atomic E-state index is 0.0182. The lowest BCUT2D eigenvalue weighted by Gasteiger charge is -2.35. The van der Waals surface area contributed by atoms with Crippen LogP contribution in [0.15, 0.2) is 88.8 Å². The standard InChI is InChI=1S/C32H33N3O4S/c1-22-11-9-10-16-26(22)35-31(37)29(40-32(35)34-25-14-7-4-8-15-25)20-23-17-18-27(28(19-23)38-2)39-21-30(36)33-24-12-5-3-6-13-24/h3-8,12-15,17-20,22,26H,9-11,16,21H2,1-2H3,(H,33,36)/b29-20-,34-32?/t22-,26+/m1/s1. The maximum atomic E-state index is 13.8. The van der Waals surface area contributed by atoms with E-state index < -0.39 is 0 Å². The van der Waals surface area contributed by atoms with Crippen LogP contribution in [0.1, 0.15) is 38.2 Å². The highest BCUT2D eigenvalue weighted by Crippen LogP contribution is 2.40. The molecule has 2 aliphatic rings. The van der Waals surface area contributed by atoms with Crippen molar-refractivity contribution in [1.82, 2.24) is 4.90 Å². The molecule has 1 saturated heterocycles. The fourth-order valence-electron chi connectivity index (χ4n) is 5.06. The van der Waals surface area contributed by atoms with Crippen LogP contribution in [0.4, 0.5) is 11.4 Å². The van der Waals surface area contributed by atoms with Gasteiger partial charge in [0.05, 0.1) is 17.7 Å². The Morgan fingerprint density at radius 3 is 2.48 bits per heavy atom. The molecule has 0 bridgehead atoms. The Bertz CT molecular complexity index is 1410. The summed E-state index contributed by atoms with van der Waals surface area (Å²) in [6.45, 7) is 2.07. The van der Waals surface area contributed by atoms with Crippen LogP contribution < -0.4 is 14.8 Å². The molecule has 7 nitrogen and oxygen atoms in total. The number of aliphatic imine (C=N–C) groups is 1. The molecule has 1 heterocycles. The Morgan fingerprint density at radius 1 is 1.02 bits per heavy atom. The van der Waals surface area contributed by atoms with E-state index in [2.05, 4.69) is 12.2 Å². The van der Waals surface area contributed by atoms with Crippen molar-refractivity contribution in [2.75, 3.05) is 19.0 Å². The summed E-state index contributed by atoms with van der Waals surface area (Å²) < 4.78 is 11.3. The Morgan fingerprint density at radius 2 is 1.75 bits per heavy atom. The van der Waals surface area contributed by atoms with Crippen molar-refractivity contribution < 1.29 is 19.1 Å². The van der Waals surface area contributed by atoms with Crippen LogP contribution in [-0.2, 0) is 9.59 Å². The normalized spacial score (nSPS) is 21.1. The van der Waals surface area contributed by atoms with Crippen LogP contribution in [-0.4, -0.2) is 41.6 Å². The maximum Gasteiger partial charge on any atom is 0.267 e. The number of rotatable bonds is 8. The molecule has 1 aliphatic carbocycles. The summed E-state index contributed by atoms with van der Waals surface area (Å²) in [4.78, 5) is 33.5. The van der Waals surface area contributed by atoms with Crippen molar-refractivity contribution >= 4 is 46.2 Å². The molecule has 1 N–H and O–H groups in total. The third kappa shape index (κ3) is 6.57. The highest BCUT2D eigenvalue weighted by molar-refractivity contribution is 8.18. The van der Waals surface area contributed by atoms with Gasteiger partial charge in [-0.1, -0.05) is 62.2 Å². The summed E-state index contributed by atoms with van der Waals surface area (Å²) >= 11 is 1.41. The van der Waals surface area contributed by atoms with Crippen molar-refractivity contribution in [2.45, 2.75) is 38.6 Å². The quantitative estimate of drug-likeness (QED) is 0.306. The second kappa shape index (κ2) is 12.9. The molecular weight excluding hydrogens is 522 g/mol. The zero-order chi connectivity index (χ0) is 27.9. The summed E-state index contributed by atoms with van der Waals surface area (Å²) in [5.41, 5.74) is 2.33. The monoisotopic (exact) mass is 555 g/mol. The number of amidine groups is 1. The number of hydrogen-bond acceptors (Lipinski definition) is 6. The molecule has 0 spiro atoms. The SMILES string of the molecule is COc1cc(/C=C2\SC(=Nc3ccccc3)N([C@H]3CCCC[C@H]3C)C2=O)ccc1OCC(=O)Nc1ccccc1. The molecule has 0 unspecified atom stereocenters. The first-order valence-electron chi connectivity index (χ1n) is 13.5. The second-order valence-corrected chi connectivity index (χ2v) is 11.0. The van der Waals surface area contributed by atoms with Crippen molar-refractivity contribution in [1.29, 1.82) is 0 Å². The van der Waals surface area contributed by atoms with E-state index in [0.717, 1.165) is 35.7 Å². The number of nitrogens with one attached hydrogen (secondary N) is 1. The lowest BCUT2D eigenvalue weighted by atomic mass is 9.85. The van der Waals surface area contributed by atoms with Gasteiger partial charge in [-0.05, 0) is 78.6 Å². The number of carbonyl (C=O) groups excluding carboxylic acids is 2. The van der Waals surface area contributed by atoms with Gasteiger partial charge >= 0.3 is 0 Å². The number of nitrogens with zero attached hydrogens (tertiary/aromatic N) is 2. The van der Waals surface area contributed by atoms with Gasteiger partial charge in [0.2, 0.25) is 0 Å². The molecule has 2 fully saturated rings. The highest BCUT2D eigenvalue weighted by Gasteiger charge is 2.41. The largest absolute Gasteiger partial charge is 0.493 e. The van der Waals surface area contributed by atoms with Crippen molar-refractivity contribution in [3.8, 4) is 11.5 Å². The van der Waals surface area contributed by atoms with E-state index in [0.29, 0.717) is 28.0 Å². The van der Waals surface area contributed by atoms with Gasteiger partial charge in [-0.25, -0.2) is 4.99 Å². The fourth-order valence-corrected chi connectivity index (χ4v) is 6.10. The molecule has 1 aliphatic heterocycles. The average molecular weight is 556 g/mol. The van der Waals surface area contributed by atoms with Gasteiger partial charge in [-0.3, -0.25) is 14.5 Å². The van der Waals surface area contributed by atoms with E-state index in [1.165, 1.54) is 18.2 Å². The van der Waals surface area contributed by atoms with Crippen LogP contribution in [0.3, 0.4) is 0 Å². The Labute approximate surface area is 239 Å². The van der Waals surface area contributed by atoms with Crippen molar-refractivity contribution in [3.63, 3.8) is 0 Å².